The summed E-state index contributed by atoms with van der Waals surface area (Å²) in [5.74, 6) is 3.09. The minimum absolute atomic E-state index is 0.271. The molecule has 2 saturated carbocycles. The lowest BCUT2D eigenvalue weighted by Gasteiger charge is -2.37. The molecule has 1 amide bonds. The van der Waals surface area contributed by atoms with E-state index in [-0.39, 0.29) is 11.9 Å². The van der Waals surface area contributed by atoms with Gasteiger partial charge in [-0.2, -0.15) is 0 Å². The van der Waals surface area contributed by atoms with Gasteiger partial charge in [-0.3, -0.25) is 4.79 Å². The molecule has 1 aliphatic heterocycles. The highest BCUT2D eigenvalue weighted by molar-refractivity contribution is 5.81. The Kier molecular flexibility index (Phi) is 4.47. The molecule has 3 aliphatic rings. The first kappa shape index (κ1) is 17.3. The lowest BCUT2D eigenvalue weighted by atomic mass is 9.86. The van der Waals surface area contributed by atoms with E-state index in [1.165, 1.54) is 48.7 Å². The van der Waals surface area contributed by atoms with Gasteiger partial charge in [-0.05, 0) is 61.0 Å². The third-order valence-corrected chi connectivity index (χ3v) is 7.54. The van der Waals surface area contributed by atoms with Crippen molar-refractivity contribution in [1.29, 1.82) is 0 Å². The third-order valence-electron chi connectivity index (χ3n) is 7.54. The molecule has 4 nitrogen and oxygen atoms in total. The van der Waals surface area contributed by atoms with Crippen molar-refractivity contribution in [2.45, 2.75) is 44.6 Å². The zero-order valence-electron chi connectivity index (χ0n) is 16.4. The standard InChI is InChI=1S/C23H31N3O/c1-25-20(12-19-4-2-3-5-22(19)25)13-21-14-24-15-23(27)26(21)9-8-18-11-16-6-7-17(18)10-16/h2-5,12,16-18,21,24H,6-11,13-15H2,1H3/t16-,17+,18?,21+/m1/s1. The van der Waals surface area contributed by atoms with E-state index in [9.17, 15) is 4.79 Å². The van der Waals surface area contributed by atoms with Gasteiger partial charge in [0.25, 0.3) is 0 Å². The number of piperazine rings is 1. The number of benzene rings is 1. The lowest BCUT2D eigenvalue weighted by Crippen LogP contribution is -2.56. The van der Waals surface area contributed by atoms with Crippen LogP contribution in [0.15, 0.2) is 30.3 Å². The molecule has 144 valence electrons. The molecule has 4 heteroatoms. The Morgan fingerprint density at radius 3 is 2.85 bits per heavy atom. The summed E-state index contributed by atoms with van der Waals surface area (Å²) < 4.78 is 2.29. The van der Waals surface area contributed by atoms with Crippen molar-refractivity contribution in [2.24, 2.45) is 24.8 Å². The van der Waals surface area contributed by atoms with E-state index >= 15 is 0 Å². The highest BCUT2D eigenvalue weighted by Crippen LogP contribution is 2.49. The minimum atomic E-state index is 0.271. The van der Waals surface area contributed by atoms with Crippen LogP contribution in [0.4, 0.5) is 0 Å². The van der Waals surface area contributed by atoms with Crippen LogP contribution >= 0.6 is 0 Å². The fraction of sp³-hybridized carbons (Fsp3) is 0.609. The predicted molar refractivity (Wildman–Crippen MR) is 109 cm³/mol. The molecule has 2 bridgehead atoms. The number of hydrogen-bond donors (Lipinski definition) is 1. The van der Waals surface area contributed by atoms with E-state index in [1.54, 1.807) is 0 Å². The summed E-state index contributed by atoms with van der Waals surface area (Å²) in [5.41, 5.74) is 2.60. The van der Waals surface area contributed by atoms with Crippen LogP contribution < -0.4 is 5.32 Å². The first-order chi connectivity index (χ1) is 13.2. The van der Waals surface area contributed by atoms with Gasteiger partial charge in [0.1, 0.15) is 0 Å². The first-order valence-corrected chi connectivity index (χ1v) is 10.7. The van der Waals surface area contributed by atoms with Gasteiger partial charge < -0.3 is 14.8 Å². The number of fused-ring (bicyclic) bond motifs is 3. The molecule has 2 heterocycles. The topological polar surface area (TPSA) is 37.3 Å². The second kappa shape index (κ2) is 6.97. The fourth-order valence-electron chi connectivity index (χ4n) is 6.07. The maximum absolute atomic E-state index is 12.7. The first-order valence-electron chi connectivity index (χ1n) is 10.7. The van der Waals surface area contributed by atoms with E-state index in [1.807, 2.05) is 0 Å². The quantitative estimate of drug-likeness (QED) is 0.882. The van der Waals surface area contributed by atoms with Crippen molar-refractivity contribution in [3.63, 3.8) is 0 Å². The van der Waals surface area contributed by atoms with Gasteiger partial charge in [0.15, 0.2) is 0 Å². The Balaban J connectivity index is 1.30. The highest BCUT2D eigenvalue weighted by Gasteiger charge is 2.40. The summed E-state index contributed by atoms with van der Waals surface area (Å²) in [6.07, 6.45) is 7.90. The number of nitrogens with zero attached hydrogens (tertiary/aromatic N) is 2. The molecule has 4 atom stereocenters. The maximum atomic E-state index is 12.7. The minimum Gasteiger partial charge on any atom is -0.348 e. The number of hydrogen-bond acceptors (Lipinski definition) is 2. The van der Waals surface area contributed by atoms with Gasteiger partial charge in [-0.25, -0.2) is 0 Å². The van der Waals surface area contributed by atoms with E-state index < -0.39 is 0 Å². The van der Waals surface area contributed by atoms with Crippen LogP contribution in [0.25, 0.3) is 10.9 Å². The summed E-state index contributed by atoms with van der Waals surface area (Å²) >= 11 is 0. The second-order valence-corrected chi connectivity index (χ2v) is 9.05. The number of rotatable bonds is 5. The van der Waals surface area contributed by atoms with Gasteiger partial charge >= 0.3 is 0 Å². The Morgan fingerprint density at radius 1 is 1.19 bits per heavy atom. The molecule has 3 fully saturated rings. The highest BCUT2D eigenvalue weighted by atomic mass is 16.2. The van der Waals surface area contributed by atoms with Crippen molar-refractivity contribution in [3.05, 3.63) is 36.0 Å². The molecular formula is C23H31N3O. The van der Waals surface area contributed by atoms with Crippen molar-refractivity contribution in [1.82, 2.24) is 14.8 Å². The van der Waals surface area contributed by atoms with Crippen molar-refractivity contribution < 1.29 is 4.79 Å². The average molecular weight is 366 g/mol. The molecule has 1 N–H and O–H groups in total. The number of amides is 1. The number of nitrogens with one attached hydrogen (secondary N) is 1. The molecule has 2 aliphatic carbocycles. The third kappa shape index (κ3) is 3.18. The predicted octanol–water partition coefficient (Wildman–Crippen LogP) is 3.35. The van der Waals surface area contributed by atoms with E-state index in [4.69, 9.17) is 0 Å². The van der Waals surface area contributed by atoms with E-state index in [2.05, 4.69) is 52.2 Å². The van der Waals surface area contributed by atoms with E-state index in [0.717, 1.165) is 37.3 Å². The molecule has 0 radical (unpaired) electrons. The van der Waals surface area contributed by atoms with Crippen LogP contribution in [0.5, 0.6) is 0 Å². The SMILES string of the molecule is Cn1c(C[C@H]2CNCC(=O)N2CCC2C[C@@H]3CC[C@H]2C3)cc2ccccc21. The number of aromatic nitrogens is 1. The molecule has 1 saturated heterocycles. The number of para-hydroxylation sites is 1. The number of aryl methyl sites for hydroxylation is 1. The summed E-state index contributed by atoms with van der Waals surface area (Å²) in [7, 11) is 2.15. The average Bonchev–Trinajstić information content (AvgIpc) is 3.37. The Morgan fingerprint density at radius 2 is 2.07 bits per heavy atom. The molecule has 1 unspecified atom stereocenters. The molecule has 27 heavy (non-hydrogen) atoms. The zero-order valence-corrected chi connectivity index (χ0v) is 16.4. The van der Waals surface area contributed by atoms with Crippen LogP contribution in [0.1, 0.15) is 37.8 Å². The normalized spacial score (nSPS) is 30.6. The van der Waals surface area contributed by atoms with Gasteiger partial charge in [-0.15, -0.1) is 0 Å². The summed E-state index contributed by atoms with van der Waals surface area (Å²) in [4.78, 5) is 14.9. The Hall–Kier alpha value is -1.81. The van der Waals surface area contributed by atoms with Crippen molar-refractivity contribution in [2.75, 3.05) is 19.6 Å². The second-order valence-electron chi connectivity index (χ2n) is 9.05. The molecule has 2 aromatic rings. The molecular weight excluding hydrogens is 334 g/mol. The van der Waals surface area contributed by atoms with Crippen LogP contribution in [0.3, 0.4) is 0 Å². The summed E-state index contributed by atoms with van der Waals surface area (Å²) in [6, 6.07) is 11.1. The monoisotopic (exact) mass is 365 g/mol. The smallest absolute Gasteiger partial charge is 0.236 e. The summed E-state index contributed by atoms with van der Waals surface area (Å²) in [5, 5.41) is 4.63. The number of carbonyl (C=O) groups is 1. The van der Waals surface area contributed by atoms with Gasteiger partial charge in [0.05, 0.1) is 6.54 Å². The maximum Gasteiger partial charge on any atom is 0.236 e. The van der Waals surface area contributed by atoms with E-state index in [0.29, 0.717) is 6.54 Å². The zero-order chi connectivity index (χ0) is 18.4. The van der Waals surface area contributed by atoms with Crippen LogP contribution in [-0.2, 0) is 18.3 Å². The fourth-order valence-corrected chi connectivity index (χ4v) is 6.07. The molecule has 5 rings (SSSR count). The van der Waals surface area contributed by atoms with Crippen LogP contribution in [-0.4, -0.2) is 41.1 Å². The van der Waals surface area contributed by atoms with Crippen LogP contribution in [0, 0.1) is 17.8 Å². The number of carbonyl (C=O) groups excluding carboxylic acids is 1. The van der Waals surface area contributed by atoms with Gasteiger partial charge in [-0.1, -0.05) is 24.6 Å². The van der Waals surface area contributed by atoms with Crippen LogP contribution in [0.2, 0.25) is 0 Å². The Bertz CT molecular complexity index is 841. The Labute approximate surface area is 161 Å². The van der Waals surface area contributed by atoms with Crippen molar-refractivity contribution in [3.8, 4) is 0 Å². The summed E-state index contributed by atoms with van der Waals surface area (Å²) in [6.45, 7) is 2.36. The van der Waals surface area contributed by atoms with Crippen molar-refractivity contribution >= 4 is 16.8 Å². The molecule has 1 aromatic heterocycles. The van der Waals surface area contributed by atoms with Gasteiger partial charge in [0.2, 0.25) is 5.91 Å². The van der Waals surface area contributed by atoms with Gasteiger partial charge in [0, 0.05) is 43.8 Å². The largest absolute Gasteiger partial charge is 0.348 e. The molecule has 1 aromatic carbocycles. The molecule has 0 spiro atoms. The lowest BCUT2D eigenvalue weighted by molar-refractivity contribution is -0.135.